The molecule has 0 aliphatic rings. The highest BCUT2D eigenvalue weighted by Gasteiger charge is 2.16. The van der Waals surface area contributed by atoms with Crippen LogP contribution in [0.3, 0.4) is 0 Å². The van der Waals surface area contributed by atoms with E-state index in [1.54, 1.807) is 25.1 Å². The van der Waals surface area contributed by atoms with E-state index in [-0.39, 0.29) is 10.0 Å². The number of nitrogens with zero attached hydrogens (tertiary/aromatic N) is 1. The number of rotatable bonds is 1. The van der Waals surface area contributed by atoms with Crippen molar-refractivity contribution >= 4 is 38.5 Å². The second kappa shape index (κ2) is 5.43. The number of hydrogen-bond donors (Lipinski definition) is 1. The lowest BCUT2D eigenvalue weighted by Gasteiger charge is -2.09. The third kappa shape index (κ3) is 2.58. The van der Waals surface area contributed by atoms with Crippen LogP contribution in [0.2, 0.25) is 0 Å². The zero-order valence-electron chi connectivity index (χ0n) is 9.72. The van der Waals surface area contributed by atoms with E-state index in [0.717, 1.165) is 0 Å². The second-order valence-electron chi connectivity index (χ2n) is 3.90. The van der Waals surface area contributed by atoms with E-state index in [1.807, 2.05) is 28.7 Å². The Bertz CT molecular complexity index is 764. The maximum Gasteiger partial charge on any atom is 0.266 e. The van der Waals surface area contributed by atoms with E-state index in [2.05, 4.69) is 20.9 Å². The molecule has 2 rings (SSSR count). The molecule has 1 N–H and O–H groups in total. The van der Waals surface area contributed by atoms with Crippen molar-refractivity contribution in [3.05, 3.63) is 53.7 Å². The normalized spacial score (nSPS) is 10.3. The van der Waals surface area contributed by atoms with E-state index in [1.165, 1.54) is 0 Å². The van der Waals surface area contributed by atoms with Crippen molar-refractivity contribution in [1.82, 2.24) is 4.98 Å². The minimum absolute atomic E-state index is 0.0214. The summed E-state index contributed by atoms with van der Waals surface area (Å²) < 4.78 is 14.6. The minimum Gasteiger partial charge on any atom is -0.325 e. The molecule has 3 nitrogen and oxygen atoms in total. The van der Waals surface area contributed by atoms with Gasteiger partial charge in [0.1, 0.15) is 11.6 Å². The van der Waals surface area contributed by atoms with Gasteiger partial charge in [0.15, 0.2) is 5.82 Å². The van der Waals surface area contributed by atoms with E-state index in [4.69, 9.17) is 5.26 Å². The van der Waals surface area contributed by atoms with Crippen molar-refractivity contribution in [2.24, 2.45) is 0 Å². The van der Waals surface area contributed by atoms with Crippen molar-refractivity contribution in [3.8, 4) is 17.2 Å². The topological polar surface area (TPSA) is 56.6 Å². The van der Waals surface area contributed by atoms with E-state index in [9.17, 15) is 9.18 Å². The molecule has 0 amide bonds. The number of aromatic amines is 1. The Morgan fingerprint density at radius 3 is 2.74 bits per heavy atom. The third-order valence-electron chi connectivity index (χ3n) is 2.61. The predicted molar refractivity (Wildman–Crippen MR) is 82.3 cm³/mol. The first-order valence-corrected chi connectivity index (χ1v) is 7.10. The van der Waals surface area contributed by atoms with Crippen LogP contribution >= 0.6 is 38.5 Å². The molecule has 6 heteroatoms. The van der Waals surface area contributed by atoms with Crippen LogP contribution in [0.25, 0.3) is 11.1 Å². The molecule has 0 fully saturated rings. The van der Waals surface area contributed by atoms with Gasteiger partial charge in [0.2, 0.25) is 0 Å². The molecule has 2 aromatic rings. The van der Waals surface area contributed by atoms with E-state index in [0.29, 0.717) is 20.4 Å². The fourth-order valence-electron chi connectivity index (χ4n) is 1.75. The number of nitriles is 1. The van der Waals surface area contributed by atoms with Gasteiger partial charge in [-0.15, -0.1) is 0 Å². The quantitative estimate of drug-likeness (QED) is 0.551. The van der Waals surface area contributed by atoms with Gasteiger partial charge in [-0.25, -0.2) is 4.39 Å². The van der Waals surface area contributed by atoms with Crippen LogP contribution in [0.4, 0.5) is 4.39 Å². The smallest absolute Gasteiger partial charge is 0.266 e. The lowest BCUT2D eigenvalue weighted by atomic mass is 10.0. The molecule has 0 aliphatic carbocycles. The highest BCUT2D eigenvalue weighted by Crippen LogP contribution is 2.33. The van der Waals surface area contributed by atoms with Gasteiger partial charge >= 0.3 is 0 Å². The van der Waals surface area contributed by atoms with Gasteiger partial charge in [-0.1, -0.05) is 6.07 Å². The van der Waals surface area contributed by atoms with Crippen LogP contribution in [0, 0.1) is 27.6 Å². The number of hydrogen-bond acceptors (Lipinski definition) is 2. The lowest BCUT2D eigenvalue weighted by molar-refractivity contribution is 0.614. The molecule has 19 heavy (non-hydrogen) atoms. The summed E-state index contributed by atoms with van der Waals surface area (Å²) in [4.78, 5) is 14.3. The minimum atomic E-state index is -0.469. The third-order valence-corrected chi connectivity index (χ3v) is 4.21. The Kier molecular flexibility index (Phi) is 4.06. The molecule has 0 spiro atoms. The summed E-state index contributed by atoms with van der Waals surface area (Å²) in [5.41, 5.74) is 1.04. The van der Waals surface area contributed by atoms with Gasteiger partial charge in [0.05, 0.1) is 4.47 Å². The predicted octanol–water partition coefficient (Wildman–Crippen LogP) is 3.73. The summed E-state index contributed by atoms with van der Waals surface area (Å²) in [5, 5.41) is 9.09. The van der Waals surface area contributed by atoms with Crippen LogP contribution < -0.4 is 5.56 Å². The maximum absolute atomic E-state index is 13.9. The average Bonchev–Trinajstić information content (AvgIpc) is 2.35. The summed E-state index contributed by atoms with van der Waals surface area (Å²) in [7, 11) is 0. The molecular weight excluding hydrogens is 426 g/mol. The second-order valence-corrected chi connectivity index (χ2v) is 5.86. The maximum atomic E-state index is 13.9. The number of H-pyrrole nitrogens is 1. The first-order valence-electron chi connectivity index (χ1n) is 5.23. The molecule has 0 atom stereocenters. The van der Waals surface area contributed by atoms with Crippen molar-refractivity contribution in [3.63, 3.8) is 0 Å². The monoisotopic (exact) mass is 432 g/mol. The van der Waals surface area contributed by atoms with Gasteiger partial charge < -0.3 is 4.98 Å². The number of aryl methyl sites for hydroxylation is 1. The Balaban J connectivity index is 2.84. The number of benzene rings is 1. The molecule has 96 valence electrons. The first kappa shape index (κ1) is 14.2. The zero-order valence-corrected chi connectivity index (χ0v) is 13.5. The van der Waals surface area contributed by atoms with Crippen LogP contribution in [-0.2, 0) is 0 Å². The van der Waals surface area contributed by atoms with E-state index >= 15 is 0 Å². The highest BCUT2D eigenvalue weighted by molar-refractivity contribution is 14.1. The Morgan fingerprint density at radius 2 is 2.11 bits per heavy atom. The van der Waals surface area contributed by atoms with Gasteiger partial charge in [0.25, 0.3) is 5.56 Å². The molecule has 0 unspecified atom stereocenters. The number of halogens is 3. The number of pyridine rings is 1. The Labute approximate surface area is 130 Å². The fraction of sp³-hybridized carbons (Fsp3) is 0.0769. The summed E-state index contributed by atoms with van der Waals surface area (Å²) in [6.45, 7) is 1.71. The number of aromatic nitrogens is 1. The molecule has 1 aromatic carbocycles. The molecule has 0 aliphatic heterocycles. The summed E-state index contributed by atoms with van der Waals surface area (Å²) in [6, 6.07) is 6.81. The van der Waals surface area contributed by atoms with Crippen molar-refractivity contribution in [2.75, 3.05) is 0 Å². The summed E-state index contributed by atoms with van der Waals surface area (Å²) >= 11 is 5.06. The van der Waals surface area contributed by atoms with Crippen LogP contribution in [0.15, 0.2) is 27.5 Å². The Morgan fingerprint density at radius 1 is 1.42 bits per heavy atom. The lowest BCUT2D eigenvalue weighted by Crippen LogP contribution is -2.13. The fourth-order valence-corrected chi connectivity index (χ4v) is 3.13. The van der Waals surface area contributed by atoms with Crippen LogP contribution in [0.1, 0.15) is 11.3 Å². The average molecular weight is 433 g/mol. The highest BCUT2D eigenvalue weighted by atomic mass is 127. The Hall–Kier alpha value is -1.20. The molecule has 0 bridgehead atoms. The largest absolute Gasteiger partial charge is 0.325 e. The van der Waals surface area contributed by atoms with Gasteiger partial charge in [-0.3, -0.25) is 4.79 Å². The standard InChI is InChI=1S/C13H7BrFIN2O/c1-6-4-8(9(5-17)13(19)18-6)7-2-3-10(16)12(15)11(7)14/h2-4H,1H3,(H,18,19). The van der Waals surface area contributed by atoms with Gasteiger partial charge in [-0.2, -0.15) is 5.26 Å². The molecule has 0 saturated carbocycles. The van der Waals surface area contributed by atoms with Crippen molar-refractivity contribution in [1.29, 1.82) is 5.26 Å². The van der Waals surface area contributed by atoms with Gasteiger partial charge in [0, 0.05) is 20.4 Å². The van der Waals surface area contributed by atoms with Crippen molar-refractivity contribution < 1.29 is 4.39 Å². The molecule has 1 aromatic heterocycles. The molecule has 1 heterocycles. The van der Waals surface area contributed by atoms with Crippen LogP contribution in [0.5, 0.6) is 0 Å². The van der Waals surface area contributed by atoms with Gasteiger partial charge in [-0.05, 0) is 57.6 Å². The molecule has 0 saturated heterocycles. The zero-order chi connectivity index (χ0) is 14.2. The molecule has 0 radical (unpaired) electrons. The first-order chi connectivity index (χ1) is 8.95. The van der Waals surface area contributed by atoms with E-state index < -0.39 is 11.4 Å². The summed E-state index contributed by atoms with van der Waals surface area (Å²) in [6.07, 6.45) is 0. The summed E-state index contributed by atoms with van der Waals surface area (Å²) in [5.74, 6) is -0.403. The SMILES string of the molecule is Cc1cc(-c2ccc(I)c(F)c2Br)c(C#N)c(=O)[nH]1. The van der Waals surface area contributed by atoms with Crippen LogP contribution in [-0.4, -0.2) is 4.98 Å². The molecular formula is C13H7BrFIN2O. The van der Waals surface area contributed by atoms with Crippen molar-refractivity contribution in [2.45, 2.75) is 6.92 Å². The number of nitrogens with one attached hydrogen (secondary N) is 1.